The van der Waals surface area contributed by atoms with Gasteiger partial charge in [0.15, 0.2) is 0 Å². The maximum Gasteiger partial charge on any atom is 0.236 e. The molecule has 0 aromatic carbocycles. The molecule has 1 aliphatic rings. The quantitative estimate of drug-likeness (QED) is 0.480. The lowest BCUT2D eigenvalue weighted by molar-refractivity contribution is -0.124. The van der Waals surface area contributed by atoms with Crippen molar-refractivity contribution in [1.82, 2.24) is 10.8 Å². The highest BCUT2D eigenvalue weighted by Gasteiger charge is 2.15. The standard InChI is InChI=1S/C9H18N2O3/c1-2-14-10-7-9(12)11-8-3-5-13-6-4-8/h8,10H,2-7H2,1H3,(H,11,12). The molecule has 0 aromatic heterocycles. The summed E-state index contributed by atoms with van der Waals surface area (Å²) >= 11 is 0. The molecule has 1 amide bonds. The number of amides is 1. The number of hydrogen-bond donors (Lipinski definition) is 2. The van der Waals surface area contributed by atoms with Gasteiger partial charge in [-0.15, -0.1) is 0 Å². The third-order valence-corrected chi connectivity index (χ3v) is 2.07. The first-order valence-corrected chi connectivity index (χ1v) is 5.04. The number of ether oxygens (including phenoxy) is 1. The maximum absolute atomic E-state index is 11.3. The number of hydrogen-bond acceptors (Lipinski definition) is 4. The van der Waals surface area contributed by atoms with Gasteiger partial charge in [-0.3, -0.25) is 4.79 Å². The maximum atomic E-state index is 11.3. The van der Waals surface area contributed by atoms with Crippen LogP contribution in [0, 0.1) is 0 Å². The molecule has 2 N–H and O–H groups in total. The Balaban J connectivity index is 2.06. The molecule has 1 heterocycles. The van der Waals surface area contributed by atoms with Crippen LogP contribution in [0.15, 0.2) is 0 Å². The largest absolute Gasteiger partial charge is 0.381 e. The fourth-order valence-corrected chi connectivity index (χ4v) is 1.34. The van der Waals surface area contributed by atoms with E-state index in [9.17, 15) is 4.79 Å². The number of carbonyl (C=O) groups excluding carboxylic acids is 1. The summed E-state index contributed by atoms with van der Waals surface area (Å²) in [7, 11) is 0. The summed E-state index contributed by atoms with van der Waals surface area (Å²) in [5, 5.41) is 2.92. The molecular formula is C9H18N2O3. The Kier molecular flexibility index (Phi) is 5.51. The predicted octanol–water partition coefficient (Wildman–Crippen LogP) is -0.177. The van der Waals surface area contributed by atoms with Crippen molar-refractivity contribution < 1.29 is 14.4 Å². The molecule has 1 rings (SSSR count). The van der Waals surface area contributed by atoms with Gasteiger partial charge in [-0.1, -0.05) is 0 Å². The summed E-state index contributed by atoms with van der Waals surface area (Å²) in [5.74, 6) is -0.0228. The molecule has 82 valence electrons. The summed E-state index contributed by atoms with van der Waals surface area (Å²) in [6, 6.07) is 0.264. The fourth-order valence-electron chi connectivity index (χ4n) is 1.34. The summed E-state index contributed by atoms with van der Waals surface area (Å²) in [6.45, 7) is 4.12. The highest BCUT2D eigenvalue weighted by Crippen LogP contribution is 2.05. The van der Waals surface area contributed by atoms with Gasteiger partial charge in [0.25, 0.3) is 0 Å². The normalized spacial score (nSPS) is 18.1. The van der Waals surface area contributed by atoms with Gasteiger partial charge < -0.3 is 14.9 Å². The Labute approximate surface area is 84.1 Å². The number of nitrogens with one attached hydrogen (secondary N) is 2. The highest BCUT2D eigenvalue weighted by molar-refractivity contribution is 5.78. The van der Waals surface area contributed by atoms with E-state index in [1.165, 1.54) is 0 Å². The second-order valence-electron chi connectivity index (χ2n) is 3.21. The smallest absolute Gasteiger partial charge is 0.236 e. The molecule has 1 saturated heterocycles. The molecule has 14 heavy (non-hydrogen) atoms. The van der Waals surface area contributed by atoms with Crippen LogP contribution in [0.3, 0.4) is 0 Å². The Morgan fingerprint density at radius 3 is 2.86 bits per heavy atom. The minimum atomic E-state index is -0.0228. The van der Waals surface area contributed by atoms with Crippen molar-refractivity contribution in [2.75, 3.05) is 26.4 Å². The summed E-state index contributed by atoms with van der Waals surface area (Å²) in [4.78, 5) is 16.1. The molecular weight excluding hydrogens is 184 g/mol. The average molecular weight is 202 g/mol. The topological polar surface area (TPSA) is 59.6 Å². The first kappa shape index (κ1) is 11.4. The molecule has 0 bridgehead atoms. The molecule has 0 saturated carbocycles. The molecule has 0 spiro atoms. The Hall–Kier alpha value is -0.650. The van der Waals surface area contributed by atoms with E-state index in [2.05, 4.69) is 10.8 Å². The van der Waals surface area contributed by atoms with Crippen molar-refractivity contribution >= 4 is 5.91 Å². The van der Waals surface area contributed by atoms with Crippen LogP contribution in [-0.4, -0.2) is 38.3 Å². The molecule has 0 radical (unpaired) electrons. The third-order valence-electron chi connectivity index (χ3n) is 2.07. The van der Waals surface area contributed by atoms with Gasteiger partial charge in [-0.25, -0.2) is 0 Å². The second kappa shape index (κ2) is 6.75. The van der Waals surface area contributed by atoms with Crippen molar-refractivity contribution in [3.63, 3.8) is 0 Å². The van der Waals surface area contributed by atoms with Crippen LogP contribution in [-0.2, 0) is 14.4 Å². The molecule has 0 unspecified atom stereocenters. The number of carbonyl (C=O) groups is 1. The number of hydroxylamine groups is 1. The van der Waals surface area contributed by atoms with Gasteiger partial charge in [-0.05, 0) is 19.8 Å². The summed E-state index contributed by atoms with van der Waals surface area (Å²) in [5.41, 5.74) is 2.58. The minimum Gasteiger partial charge on any atom is -0.381 e. The first-order chi connectivity index (χ1) is 6.83. The highest BCUT2D eigenvalue weighted by atomic mass is 16.6. The molecule has 0 aliphatic carbocycles. The molecule has 5 heteroatoms. The van der Waals surface area contributed by atoms with Crippen LogP contribution in [0.25, 0.3) is 0 Å². The summed E-state index contributed by atoms with van der Waals surface area (Å²) in [6.07, 6.45) is 1.81. The van der Waals surface area contributed by atoms with Gasteiger partial charge >= 0.3 is 0 Å². The van der Waals surface area contributed by atoms with Crippen LogP contribution in [0.4, 0.5) is 0 Å². The van der Waals surface area contributed by atoms with Gasteiger partial charge in [0.1, 0.15) is 0 Å². The van der Waals surface area contributed by atoms with E-state index in [-0.39, 0.29) is 18.5 Å². The first-order valence-electron chi connectivity index (χ1n) is 5.04. The zero-order chi connectivity index (χ0) is 10.2. The van der Waals surface area contributed by atoms with E-state index < -0.39 is 0 Å². The van der Waals surface area contributed by atoms with Crippen LogP contribution in [0.1, 0.15) is 19.8 Å². The van der Waals surface area contributed by atoms with E-state index >= 15 is 0 Å². The lowest BCUT2D eigenvalue weighted by Crippen LogP contribution is -2.43. The lowest BCUT2D eigenvalue weighted by Gasteiger charge is -2.23. The van der Waals surface area contributed by atoms with Crippen molar-refractivity contribution in [3.8, 4) is 0 Å². The van der Waals surface area contributed by atoms with Crippen LogP contribution in [0.2, 0.25) is 0 Å². The zero-order valence-corrected chi connectivity index (χ0v) is 8.54. The van der Waals surface area contributed by atoms with Crippen LogP contribution >= 0.6 is 0 Å². The van der Waals surface area contributed by atoms with E-state index in [1.807, 2.05) is 6.92 Å². The Bertz CT molecular complexity index is 169. The van der Waals surface area contributed by atoms with E-state index in [4.69, 9.17) is 9.57 Å². The fraction of sp³-hybridized carbons (Fsp3) is 0.889. The SMILES string of the molecule is CCONCC(=O)NC1CCOCC1. The Morgan fingerprint density at radius 1 is 1.50 bits per heavy atom. The molecule has 5 nitrogen and oxygen atoms in total. The van der Waals surface area contributed by atoms with Gasteiger partial charge in [0.2, 0.25) is 5.91 Å². The Morgan fingerprint density at radius 2 is 2.21 bits per heavy atom. The van der Waals surface area contributed by atoms with E-state index in [0.717, 1.165) is 26.1 Å². The van der Waals surface area contributed by atoms with Crippen molar-refractivity contribution in [1.29, 1.82) is 0 Å². The van der Waals surface area contributed by atoms with Crippen molar-refractivity contribution in [3.05, 3.63) is 0 Å². The van der Waals surface area contributed by atoms with E-state index in [0.29, 0.717) is 6.61 Å². The molecule has 1 fully saturated rings. The summed E-state index contributed by atoms with van der Waals surface area (Å²) < 4.78 is 5.19. The lowest BCUT2D eigenvalue weighted by atomic mass is 10.1. The van der Waals surface area contributed by atoms with Crippen LogP contribution in [0.5, 0.6) is 0 Å². The van der Waals surface area contributed by atoms with Crippen molar-refractivity contribution in [2.24, 2.45) is 0 Å². The van der Waals surface area contributed by atoms with Crippen molar-refractivity contribution in [2.45, 2.75) is 25.8 Å². The molecule has 0 aromatic rings. The number of rotatable bonds is 5. The second-order valence-corrected chi connectivity index (χ2v) is 3.21. The average Bonchev–Trinajstić information content (AvgIpc) is 2.20. The van der Waals surface area contributed by atoms with Gasteiger partial charge in [0, 0.05) is 19.3 Å². The van der Waals surface area contributed by atoms with Gasteiger partial charge in [-0.2, -0.15) is 5.48 Å². The van der Waals surface area contributed by atoms with E-state index in [1.54, 1.807) is 0 Å². The predicted molar refractivity (Wildman–Crippen MR) is 51.6 cm³/mol. The third kappa shape index (κ3) is 4.55. The molecule has 1 aliphatic heterocycles. The minimum absolute atomic E-state index is 0.0228. The zero-order valence-electron chi connectivity index (χ0n) is 8.54. The van der Waals surface area contributed by atoms with Crippen LogP contribution < -0.4 is 10.8 Å². The monoisotopic (exact) mass is 202 g/mol. The molecule has 0 atom stereocenters. The van der Waals surface area contributed by atoms with Gasteiger partial charge in [0.05, 0.1) is 13.2 Å².